The van der Waals surface area contributed by atoms with E-state index < -0.39 is 11.5 Å². The predicted molar refractivity (Wildman–Crippen MR) is 91.0 cm³/mol. The smallest absolute Gasteiger partial charge is 0.264 e. The van der Waals surface area contributed by atoms with Gasteiger partial charge in [0.05, 0.1) is 17.0 Å². The normalized spacial score (nSPS) is 20.0. The number of Topliss-reactive ketones (excluding diaryl/α,β-unsaturated/α-hetero) is 1. The maximum atomic E-state index is 12.8. The lowest BCUT2D eigenvalue weighted by molar-refractivity contribution is -0.135. The molecule has 2 aromatic rings. The van der Waals surface area contributed by atoms with Gasteiger partial charge in [-0.3, -0.25) is 9.59 Å². The summed E-state index contributed by atoms with van der Waals surface area (Å²) in [5, 5.41) is 11.0. The SMILES string of the molecule is CCCN1C(=O)[C@@](O)(CC(=O)c2ccc(C)s2)c2ccccc21. The summed E-state index contributed by atoms with van der Waals surface area (Å²) in [6.45, 7) is 4.44. The molecular formula is C18H19NO3S. The first-order valence-corrected chi connectivity index (χ1v) is 8.52. The third-order valence-electron chi connectivity index (χ3n) is 4.12. The van der Waals surface area contributed by atoms with Crippen LogP contribution in [0.1, 0.15) is 39.9 Å². The highest BCUT2D eigenvalue weighted by Crippen LogP contribution is 2.43. The number of aryl methyl sites for hydroxylation is 1. The van der Waals surface area contributed by atoms with E-state index >= 15 is 0 Å². The lowest BCUT2D eigenvalue weighted by Crippen LogP contribution is -2.42. The first-order valence-electron chi connectivity index (χ1n) is 7.71. The molecule has 0 bridgehead atoms. The average Bonchev–Trinajstić information content (AvgIpc) is 3.05. The highest BCUT2D eigenvalue weighted by molar-refractivity contribution is 7.14. The first kappa shape index (κ1) is 15.9. The number of nitrogens with zero attached hydrogens (tertiary/aromatic N) is 1. The maximum Gasteiger partial charge on any atom is 0.264 e. The average molecular weight is 329 g/mol. The second kappa shape index (κ2) is 5.91. The van der Waals surface area contributed by atoms with Crippen molar-refractivity contribution in [2.75, 3.05) is 11.4 Å². The van der Waals surface area contributed by atoms with Gasteiger partial charge in [-0.15, -0.1) is 11.3 Å². The van der Waals surface area contributed by atoms with Gasteiger partial charge >= 0.3 is 0 Å². The molecule has 0 fully saturated rings. The molecule has 2 heterocycles. The second-order valence-corrected chi connectivity index (χ2v) is 7.13. The molecule has 5 heteroatoms. The van der Waals surface area contributed by atoms with E-state index in [4.69, 9.17) is 0 Å². The summed E-state index contributed by atoms with van der Waals surface area (Å²) in [6, 6.07) is 10.8. The van der Waals surface area contributed by atoms with Gasteiger partial charge in [-0.1, -0.05) is 25.1 Å². The van der Waals surface area contributed by atoms with Crippen LogP contribution >= 0.6 is 11.3 Å². The Labute approximate surface area is 139 Å². The standard InChI is InChI=1S/C18H19NO3S/c1-3-10-19-14-7-5-4-6-13(14)18(22,17(19)21)11-15(20)16-9-8-12(2)23-16/h4-9,22H,3,10-11H2,1-2H3/t18-/m1/s1. The molecule has 1 N–H and O–H groups in total. The van der Waals surface area contributed by atoms with Gasteiger partial charge in [0.25, 0.3) is 5.91 Å². The van der Waals surface area contributed by atoms with Gasteiger partial charge < -0.3 is 10.0 Å². The van der Waals surface area contributed by atoms with Crippen LogP contribution in [0.15, 0.2) is 36.4 Å². The predicted octanol–water partition coefficient (Wildman–Crippen LogP) is 3.27. The minimum Gasteiger partial charge on any atom is -0.375 e. The Bertz CT molecular complexity index is 767. The summed E-state index contributed by atoms with van der Waals surface area (Å²) in [4.78, 5) is 28.5. The molecule has 0 saturated carbocycles. The number of benzene rings is 1. The molecule has 1 amide bonds. The van der Waals surface area contributed by atoms with Gasteiger partial charge in [0.2, 0.25) is 0 Å². The van der Waals surface area contributed by atoms with E-state index in [1.54, 1.807) is 23.1 Å². The number of anilines is 1. The quantitative estimate of drug-likeness (QED) is 0.857. The molecule has 0 saturated heterocycles. The van der Waals surface area contributed by atoms with Crippen molar-refractivity contribution in [2.24, 2.45) is 0 Å². The van der Waals surface area contributed by atoms with Gasteiger partial charge in [0, 0.05) is 17.0 Å². The Morgan fingerprint density at radius 1 is 1.26 bits per heavy atom. The van der Waals surface area contributed by atoms with Crippen molar-refractivity contribution >= 4 is 28.7 Å². The number of carbonyl (C=O) groups excluding carboxylic acids is 2. The molecule has 3 rings (SSSR count). The van der Waals surface area contributed by atoms with E-state index in [2.05, 4.69) is 0 Å². The minimum atomic E-state index is -1.76. The van der Waals surface area contributed by atoms with Crippen molar-refractivity contribution in [2.45, 2.75) is 32.3 Å². The van der Waals surface area contributed by atoms with Crippen LogP contribution in [0.3, 0.4) is 0 Å². The molecule has 1 aliphatic rings. The Balaban J connectivity index is 1.97. The van der Waals surface area contributed by atoms with Crippen LogP contribution in [-0.2, 0) is 10.4 Å². The van der Waals surface area contributed by atoms with E-state index in [1.165, 1.54) is 11.3 Å². The number of rotatable bonds is 5. The highest BCUT2D eigenvalue weighted by atomic mass is 32.1. The molecule has 1 aromatic carbocycles. The third-order valence-corrected chi connectivity index (χ3v) is 5.16. The fourth-order valence-corrected chi connectivity index (χ4v) is 3.83. The minimum absolute atomic E-state index is 0.202. The molecule has 1 aromatic heterocycles. The summed E-state index contributed by atoms with van der Waals surface area (Å²) < 4.78 is 0. The lowest BCUT2D eigenvalue weighted by Gasteiger charge is -2.22. The molecule has 0 spiro atoms. The van der Waals surface area contributed by atoms with Crippen molar-refractivity contribution in [3.63, 3.8) is 0 Å². The van der Waals surface area contributed by atoms with Crippen LogP contribution in [0.4, 0.5) is 5.69 Å². The molecule has 0 aliphatic carbocycles. The zero-order valence-corrected chi connectivity index (χ0v) is 14.0. The molecule has 1 atom stereocenters. The van der Waals surface area contributed by atoms with Crippen molar-refractivity contribution in [3.8, 4) is 0 Å². The summed E-state index contributed by atoms with van der Waals surface area (Å²) in [6.07, 6.45) is 0.567. The van der Waals surface area contributed by atoms with Gasteiger partial charge in [0.15, 0.2) is 11.4 Å². The van der Waals surface area contributed by atoms with Crippen molar-refractivity contribution in [1.29, 1.82) is 0 Å². The number of fused-ring (bicyclic) bond motifs is 1. The largest absolute Gasteiger partial charge is 0.375 e. The van der Waals surface area contributed by atoms with Gasteiger partial charge in [0.1, 0.15) is 0 Å². The molecule has 4 nitrogen and oxygen atoms in total. The van der Waals surface area contributed by atoms with E-state index in [1.807, 2.05) is 32.0 Å². The van der Waals surface area contributed by atoms with Crippen molar-refractivity contribution in [1.82, 2.24) is 0 Å². The van der Waals surface area contributed by atoms with Crippen LogP contribution in [0.25, 0.3) is 0 Å². The Morgan fingerprint density at radius 3 is 2.65 bits per heavy atom. The van der Waals surface area contributed by atoms with Gasteiger partial charge in [-0.25, -0.2) is 0 Å². The Morgan fingerprint density at radius 2 is 2.00 bits per heavy atom. The summed E-state index contributed by atoms with van der Waals surface area (Å²) in [5.74, 6) is -0.603. The topological polar surface area (TPSA) is 57.6 Å². The molecule has 23 heavy (non-hydrogen) atoms. The highest BCUT2D eigenvalue weighted by Gasteiger charge is 2.50. The third kappa shape index (κ3) is 2.60. The Kier molecular flexibility index (Phi) is 4.08. The van der Waals surface area contributed by atoms with E-state index in [0.717, 1.165) is 11.3 Å². The number of amides is 1. The summed E-state index contributed by atoms with van der Waals surface area (Å²) in [5.41, 5.74) is -0.530. The zero-order valence-electron chi connectivity index (χ0n) is 13.2. The molecule has 120 valence electrons. The van der Waals surface area contributed by atoms with Crippen LogP contribution in [0.2, 0.25) is 0 Å². The number of ketones is 1. The number of carbonyl (C=O) groups is 2. The lowest BCUT2D eigenvalue weighted by atomic mass is 9.89. The number of para-hydroxylation sites is 1. The van der Waals surface area contributed by atoms with E-state index in [-0.39, 0.29) is 12.2 Å². The molecular weight excluding hydrogens is 310 g/mol. The molecule has 0 radical (unpaired) electrons. The van der Waals surface area contributed by atoms with Crippen LogP contribution < -0.4 is 4.90 Å². The van der Waals surface area contributed by atoms with Crippen molar-refractivity contribution < 1.29 is 14.7 Å². The van der Waals surface area contributed by atoms with Gasteiger partial charge in [-0.05, 0) is 31.5 Å². The van der Waals surface area contributed by atoms with Crippen LogP contribution in [0.5, 0.6) is 0 Å². The fourth-order valence-electron chi connectivity index (χ4n) is 3.03. The van der Waals surface area contributed by atoms with Gasteiger partial charge in [-0.2, -0.15) is 0 Å². The zero-order chi connectivity index (χ0) is 16.6. The molecule has 0 unspecified atom stereocenters. The number of hydrogen-bond donors (Lipinski definition) is 1. The second-order valence-electron chi connectivity index (χ2n) is 5.84. The summed E-state index contributed by atoms with van der Waals surface area (Å²) >= 11 is 1.39. The monoisotopic (exact) mass is 329 g/mol. The van der Waals surface area contributed by atoms with E-state index in [0.29, 0.717) is 22.7 Å². The fraction of sp³-hybridized carbons (Fsp3) is 0.333. The number of aliphatic hydroxyl groups is 1. The van der Waals surface area contributed by atoms with E-state index in [9.17, 15) is 14.7 Å². The van der Waals surface area contributed by atoms with Crippen LogP contribution in [-0.4, -0.2) is 23.3 Å². The maximum absolute atomic E-state index is 12.8. The first-order chi connectivity index (χ1) is 11.0. The molecule has 1 aliphatic heterocycles. The van der Waals surface area contributed by atoms with Crippen LogP contribution in [0, 0.1) is 6.92 Å². The Hall–Kier alpha value is -1.98. The number of thiophene rings is 1. The number of hydrogen-bond acceptors (Lipinski definition) is 4. The van der Waals surface area contributed by atoms with Crippen molar-refractivity contribution in [3.05, 3.63) is 51.7 Å². The summed E-state index contributed by atoms with van der Waals surface area (Å²) in [7, 11) is 0.